The van der Waals surface area contributed by atoms with Crippen molar-refractivity contribution < 1.29 is 5.11 Å². The van der Waals surface area contributed by atoms with Gasteiger partial charge in [0.05, 0.1) is 11.6 Å². The second-order valence-corrected chi connectivity index (χ2v) is 7.00. The maximum Gasteiger partial charge on any atom is 0.0963 e. The number of hydrogen-bond donors (Lipinski definition) is 2. The van der Waals surface area contributed by atoms with Crippen molar-refractivity contribution in [2.45, 2.75) is 42.0 Å². The van der Waals surface area contributed by atoms with Crippen molar-refractivity contribution in [3.8, 4) is 0 Å². The van der Waals surface area contributed by atoms with Crippen molar-refractivity contribution in [2.24, 2.45) is 0 Å². The molecule has 2 rings (SSSR count). The molecule has 1 aliphatic rings. The third-order valence-corrected chi connectivity index (χ3v) is 5.09. The Morgan fingerprint density at radius 3 is 3.06 bits per heavy atom. The Morgan fingerprint density at radius 1 is 1.61 bits per heavy atom. The average molecular weight is 331 g/mol. The Bertz CT molecular complexity index is 387. The van der Waals surface area contributed by atoms with E-state index in [1.165, 1.54) is 0 Å². The Hall–Kier alpha value is -0.100. The molecule has 0 amide bonds. The largest absolute Gasteiger partial charge is 0.394 e. The summed E-state index contributed by atoms with van der Waals surface area (Å²) in [6.45, 7) is 3.23. The van der Waals surface area contributed by atoms with Crippen LogP contribution in [0.4, 0.5) is 0 Å². The van der Waals surface area contributed by atoms with E-state index in [0.717, 1.165) is 35.3 Å². The number of halogens is 1. The molecule has 2 atom stereocenters. The Kier molecular flexibility index (Phi) is 5.06. The predicted octanol–water partition coefficient (Wildman–Crippen LogP) is 2.83. The zero-order valence-corrected chi connectivity index (χ0v) is 12.9. The highest BCUT2D eigenvalue weighted by Crippen LogP contribution is 2.39. The maximum absolute atomic E-state index is 9.57. The summed E-state index contributed by atoms with van der Waals surface area (Å²) in [7, 11) is 0. The molecule has 2 unspecified atom stereocenters. The quantitative estimate of drug-likeness (QED) is 0.871. The molecule has 18 heavy (non-hydrogen) atoms. The third-order valence-electron chi connectivity index (χ3n) is 3.41. The molecule has 0 saturated heterocycles. The number of thioether (sulfide) groups is 1. The van der Waals surface area contributed by atoms with Crippen LogP contribution in [-0.2, 0) is 0 Å². The standard InChI is InChI=1S/C13H19BrN2OS/c1-2-16-13(9-17)6-5-11(7-13)18-12-4-3-10(14)8-15-12/h3-4,8,11,16-17H,2,5-7,9H2,1H3. The summed E-state index contributed by atoms with van der Waals surface area (Å²) in [5.74, 6) is 0. The van der Waals surface area contributed by atoms with Gasteiger partial charge in [0.25, 0.3) is 0 Å². The molecule has 1 aromatic heterocycles. The van der Waals surface area contributed by atoms with Crippen LogP contribution < -0.4 is 5.32 Å². The molecule has 0 radical (unpaired) electrons. The summed E-state index contributed by atoms with van der Waals surface area (Å²) in [6, 6.07) is 4.06. The van der Waals surface area contributed by atoms with Crippen molar-refractivity contribution in [2.75, 3.05) is 13.2 Å². The van der Waals surface area contributed by atoms with Gasteiger partial charge in [0, 0.05) is 21.5 Å². The topological polar surface area (TPSA) is 45.1 Å². The lowest BCUT2D eigenvalue weighted by Crippen LogP contribution is -2.46. The Morgan fingerprint density at radius 2 is 2.44 bits per heavy atom. The fourth-order valence-electron chi connectivity index (χ4n) is 2.52. The molecule has 0 spiro atoms. The van der Waals surface area contributed by atoms with E-state index < -0.39 is 0 Å². The summed E-state index contributed by atoms with van der Waals surface area (Å²) in [4.78, 5) is 4.39. The van der Waals surface area contributed by atoms with Crippen LogP contribution in [0.2, 0.25) is 0 Å². The van der Waals surface area contributed by atoms with Crippen molar-refractivity contribution in [3.63, 3.8) is 0 Å². The van der Waals surface area contributed by atoms with Crippen molar-refractivity contribution in [1.82, 2.24) is 10.3 Å². The monoisotopic (exact) mass is 330 g/mol. The molecule has 1 fully saturated rings. The summed E-state index contributed by atoms with van der Waals surface area (Å²) >= 11 is 5.21. The number of aliphatic hydroxyl groups excluding tert-OH is 1. The second kappa shape index (κ2) is 6.37. The normalized spacial score (nSPS) is 27.6. The molecule has 100 valence electrons. The van der Waals surface area contributed by atoms with Gasteiger partial charge in [0.15, 0.2) is 0 Å². The number of pyridine rings is 1. The summed E-state index contributed by atoms with van der Waals surface area (Å²) in [5, 5.41) is 14.6. The van der Waals surface area contributed by atoms with E-state index in [0.29, 0.717) is 5.25 Å². The molecule has 1 aliphatic carbocycles. The first-order valence-corrected chi connectivity index (χ1v) is 7.99. The first-order chi connectivity index (χ1) is 8.67. The number of aromatic nitrogens is 1. The van der Waals surface area contributed by atoms with E-state index in [4.69, 9.17) is 0 Å². The average Bonchev–Trinajstić information content (AvgIpc) is 2.77. The van der Waals surface area contributed by atoms with E-state index in [1.807, 2.05) is 30.1 Å². The molecular weight excluding hydrogens is 312 g/mol. The van der Waals surface area contributed by atoms with Gasteiger partial charge in [-0.05, 0) is 53.9 Å². The smallest absolute Gasteiger partial charge is 0.0963 e. The minimum atomic E-state index is -0.0677. The second-order valence-electron chi connectivity index (χ2n) is 4.77. The molecule has 0 aliphatic heterocycles. The van der Waals surface area contributed by atoms with Gasteiger partial charge in [-0.25, -0.2) is 4.98 Å². The van der Waals surface area contributed by atoms with E-state index in [1.54, 1.807) is 0 Å². The van der Waals surface area contributed by atoms with Gasteiger partial charge in [-0.2, -0.15) is 0 Å². The minimum Gasteiger partial charge on any atom is -0.394 e. The summed E-state index contributed by atoms with van der Waals surface area (Å²) in [5.41, 5.74) is -0.0677. The highest BCUT2D eigenvalue weighted by atomic mass is 79.9. The molecule has 0 bridgehead atoms. The van der Waals surface area contributed by atoms with Crippen LogP contribution in [0.25, 0.3) is 0 Å². The SMILES string of the molecule is CCNC1(CO)CCC(Sc2ccc(Br)cn2)C1. The molecule has 5 heteroatoms. The predicted molar refractivity (Wildman–Crippen MR) is 78.9 cm³/mol. The molecule has 1 heterocycles. The highest BCUT2D eigenvalue weighted by Gasteiger charge is 2.38. The third kappa shape index (κ3) is 3.47. The van der Waals surface area contributed by atoms with Gasteiger partial charge >= 0.3 is 0 Å². The summed E-state index contributed by atoms with van der Waals surface area (Å²) in [6.07, 6.45) is 5.03. The lowest BCUT2D eigenvalue weighted by atomic mass is 9.99. The van der Waals surface area contributed by atoms with E-state index in [2.05, 4.69) is 33.2 Å². The number of rotatable bonds is 5. The number of aliphatic hydroxyl groups is 1. The molecule has 1 aromatic rings. The van der Waals surface area contributed by atoms with E-state index >= 15 is 0 Å². The Balaban J connectivity index is 1.94. The molecule has 1 saturated carbocycles. The van der Waals surface area contributed by atoms with Crippen LogP contribution >= 0.6 is 27.7 Å². The van der Waals surface area contributed by atoms with E-state index in [-0.39, 0.29) is 12.1 Å². The number of nitrogens with zero attached hydrogens (tertiary/aromatic N) is 1. The van der Waals surface area contributed by atoms with Crippen LogP contribution in [0.1, 0.15) is 26.2 Å². The van der Waals surface area contributed by atoms with Gasteiger partial charge in [-0.1, -0.05) is 6.92 Å². The number of likely N-dealkylation sites (N-methyl/N-ethyl adjacent to an activating group) is 1. The van der Waals surface area contributed by atoms with Crippen LogP contribution in [0.3, 0.4) is 0 Å². The molecule has 3 nitrogen and oxygen atoms in total. The van der Waals surface area contributed by atoms with Crippen LogP contribution in [0.5, 0.6) is 0 Å². The van der Waals surface area contributed by atoms with Crippen LogP contribution in [-0.4, -0.2) is 34.0 Å². The zero-order chi connectivity index (χ0) is 13.0. The van der Waals surface area contributed by atoms with Gasteiger partial charge in [0.1, 0.15) is 0 Å². The van der Waals surface area contributed by atoms with Crippen LogP contribution in [0, 0.1) is 0 Å². The van der Waals surface area contributed by atoms with Gasteiger partial charge in [-0.3, -0.25) is 0 Å². The first kappa shape index (κ1) is 14.3. The van der Waals surface area contributed by atoms with Crippen molar-refractivity contribution in [1.29, 1.82) is 0 Å². The van der Waals surface area contributed by atoms with Crippen LogP contribution in [0.15, 0.2) is 27.8 Å². The van der Waals surface area contributed by atoms with Gasteiger partial charge in [0.2, 0.25) is 0 Å². The number of hydrogen-bond acceptors (Lipinski definition) is 4. The molecule has 2 N–H and O–H groups in total. The Labute approximate surface area is 121 Å². The van der Waals surface area contributed by atoms with Crippen molar-refractivity contribution in [3.05, 3.63) is 22.8 Å². The maximum atomic E-state index is 9.57. The molecule has 0 aromatic carbocycles. The molecular formula is C13H19BrN2OS. The highest BCUT2D eigenvalue weighted by molar-refractivity contribution is 9.10. The van der Waals surface area contributed by atoms with Gasteiger partial charge < -0.3 is 10.4 Å². The van der Waals surface area contributed by atoms with Gasteiger partial charge in [-0.15, -0.1) is 11.8 Å². The minimum absolute atomic E-state index is 0.0677. The zero-order valence-electron chi connectivity index (χ0n) is 10.5. The lowest BCUT2D eigenvalue weighted by molar-refractivity contribution is 0.167. The fraction of sp³-hybridized carbons (Fsp3) is 0.615. The van der Waals surface area contributed by atoms with E-state index in [9.17, 15) is 5.11 Å². The number of nitrogens with one attached hydrogen (secondary N) is 1. The lowest BCUT2D eigenvalue weighted by Gasteiger charge is -2.27. The first-order valence-electron chi connectivity index (χ1n) is 6.31. The fourth-order valence-corrected chi connectivity index (χ4v) is 3.99. The van der Waals surface area contributed by atoms with Crippen molar-refractivity contribution >= 4 is 27.7 Å². The summed E-state index contributed by atoms with van der Waals surface area (Å²) < 4.78 is 1.01.